The van der Waals surface area contributed by atoms with E-state index in [1.54, 1.807) is 7.11 Å². The third-order valence-corrected chi connectivity index (χ3v) is 3.45. The van der Waals surface area contributed by atoms with Crippen LogP contribution in [0.2, 0.25) is 0 Å². The zero-order valence-electron chi connectivity index (χ0n) is 13.8. The van der Waals surface area contributed by atoms with Gasteiger partial charge >= 0.3 is 0 Å². The summed E-state index contributed by atoms with van der Waals surface area (Å²) in [5, 5.41) is 3.61. The highest BCUT2D eigenvalue weighted by Gasteiger charge is 2.12. The molecule has 0 spiro atoms. The number of methoxy groups -OCH3 is 1. The monoisotopic (exact) mass is 277 g/mol. The van der Waals surface area contributed by atoms with Crippen LogP contribution in [0, 0.1) is 17.8 Å². The summed E-state index contributed by atoms with van der Waals surface area (Å²) in [6.45, 7) is 11.3. The average Bonchev–Trinajstić information content (AvgIpc) is 2.37. The van der Waals surface area contributed by atoms with Gasteiger partial charge in [-0.15, -0.1) is 0 Å². The van der Waals surface area contributed by atoms with Crippen LogP contribution in [0.25, 0.3) is 0 Å². The molecule has 1 unspecified atom stereocenters. The molecule has 2 nitrogen and oxygen atoms in total. The van der Waals surface area contributed by atoms with E-state index in [-0.39, 0.29) is 0 Å². The van der Waals surface area contributed by atoms with E-state index in [0.717, 1.165) is 31.2 Å². The van der Waals surface area contributed by atoms with Crippen molar-refractivity contribution in [3.63, 3.8) is 0 Å². The molecule has 114 valence electrons. The summed E-state index contributed by atoms with van der Waals surface area (Å²) in [6.07, 6.45) is 2.39. The van der Waals surface area contributed by atoms with Gasteiger partial charge in [0.05, 0.1) is 7.11 Å². The van der Waals surface area contributed by atoms with Crippen LogP contribution in [0.4, 0.5) is 0 Å². The zero-order chi connectivity index (χ0) is 15.0. The Kier molecular flexibility index (Phi) is 7.68. The molecule has 0 aliphatic carbocycles. The maximum Gasteiger partial charge on any atom is 0.119 e. The molecule has 1 atom stereocenters. The van der Waals surface area contributed by atoms with E-state index in [1.165, 1.54) is 12.0 Å². The van der Waals surface area contributed by atoms with Crippen LogP contribution < -0.4 is 10.1 Å². The first-order valence-corrected chi connectivity index (χ1v) is 7.85. The molecule has 1 aromatic rings. The first kappa shape index (κ1) is 17.0. The second-order valence-electron chi connectivity index (χ2n) is 6.60. The Labute approximate surface area is 124 Å². The third kappa shape index (κ3) is 6.95. The smallest absolute Gasteiger partial charge is 0.119 e. The Hall–Kier alpha value is -1.02. The van der Waals surface area contributed by atoms with Gasteiger partial charge in [-0.25, -0.2) is 0 Å². The van der Waals surface area contributed by atoms with Crippen LogP contribution >= 0.6 is 0 Å². The molecule has 20 heavy (non-hydrogen) atoms. The molecule has 0 aromatic heterocycles. The maximum absolute atomic E-state index is 5.31. The first-order chi connectivity index (χ1) is 9.51. The van der Waals surface area contributed by atoms with Crippen LogP contribution in [0.15, 0.2) is 24.3 Å². The fraction of sp³-hybridized carbons (Fsp3) is 0.667. The standard InChI is InChI=1S/C18H31NO/c1-14(2)9-17(13-19-12-15(3)4)10-16-7-6-8-18(11-16)20-5/h6-8,11,14-15,17,19H,9-10,12-13H2,1-5H3. The van der Waals surface area contributed by atoms with Gasteiger partial charge in [-0.2, -0.15) is 0 Å². The van der Waals surface area contributed by atoms with E-state index >= 15 is 0 Å². The van der Waals surface area contributed by atoms with E-state index in [0.29, 0.717) is 11.8 Å². The quantitative estimate of drug-likeness (QED) is 0.732. The van der Waals surface area contributed by atoms with E-state index in [4.69, 9.17) is 4.74 Å². The number of hydrogen-bond acceptors (Lipinski definition) is 2. The van der Waals surface area contributed by atoms with Gasteiger partial charge in [-0.3, -0.25) is 0 Å². The molecule has 0 heterocycles. The summed E-state index contributed by atoms with van der Waals surface area (Å²) in [5.41, 5.74) is 1.38. The Morgan fingerprint density at radius 2 is 1.80 bits per heavy atom. The predicted molar refractivity (Wildman–Crippen MR) is 87.4 cm³/mol. The van der Waals surface area contributed by atoms with Gasteiger partial charge in [0.25, 0.3) is 0 Å². The van der Waals surface area contributed by atoms with Crippen molar-refractivity contribution < 1.29 is 4.74 Å². The van der Waals surface area contributed by atoms with Crippen LogP contribution in [0.5, 0.6) is 5.75 Å². The molecular formula is C18H31NO. The normalized spacial score (nSPS) is 12.9. The number of benzene rings is 1. The van der Waals surface area contributed by atoms with Gasteiger partial charge in [0.1, 0.15) is 5.75 Å². The molecule has 1 N–H and O–H groups in total. The van der Waals surface area contributed by atoms with Crippen LogP contribution in [0.3, 0.4) is 0 Å². The third-order valence-electron chi connectivity index (χ3n) is 3.45. The summed E-state index contributed by atoms with van der Waals surface area (Å²) in [5.74, 6) is 3.11. The number of ether oxygens (including phenoxy) is 1. The molecule has 1 aromatic carbocycles. The van der Waals surface area contributed by atoms with Gasteiger partial charge in [0.2, 0.25) is 0 Å². The molecule has 2 heteroatoms. The topological polar surface area (TPSA) is 21.3 Å². The highest BCUT2D eigenvalue weighted by Crippen LogP contribution is 2.20. The fourth-order valence-corrected chi connectivity index (χ4v) is 2.61. The molecule has 0 saturated carbocycles. The molecule has 0 bridgehead atoms. The van der Waals surface area contributed by atoms with Crippen molar-refractivity contribution in [3.05, 3.63) is 29.8 Å². The lowest BCUT2D eigenvalue weighted by atomic mass is 9.90. The number of nitrogens with one attached hydrogen (secondary N) is 1. The fourth-order valence-electron chi connectivity index (χ4n) is 2.61. The molecule has 0 saturated heterocycles. The van der Waals surface area contributed by atoms with Crippen molar-refractivity contribution in [2.75, 3.05) is 20.2 Å². The molecule has 0 radical (unpaired) electrons. The lowest BCUT2D eigenvalue weighted by Gasteiger charge is -2.21. The van der Waals surface area contributed by atoms with Crippen molar-refractivity contribution in [1.29, 1.82) is 0 Å². The molecular weight excluding hydrogens is 246 g/mol. The van der Waals surface area contributed by atoms with E-state index < -0.39 is 0 Å². The first-order valence-electron chi connectivity index (χ1n) is 7.85. The second kappa shape index (κ2) is 9.02. The summed E-state index contributed by atoms with van der Waals surface area (Å²) in [7, 11) is 1.73. The summed E-state index contributed by atoms with van der Waals surface area (Å²) in [4.78, 5) is 0. The van der Waals surface area contributed by atoms with Crippen molar-refractivity contribution in [3.8, 4) is 5.75 Å². The predicted octanol–water partition coefficient (Wildman–Crippen LogP) is 4.15. The number of rotatable bonds is 9. The van der Waals surface area contributed by atoms with Gasteiger partial charge in [0, 0.05) is 0 Å². The lowest BCUT2D eigenvalue weighted by molar-refractivity contribution is 0.375. The van der Waals surface area contributed by atoms with Crippen molar-refractivity contribution in [1.82, 2.24) is 5.32 Å². The van der Waals surface area contributed by atoms with Gasteiger partial charge in [0.15, 0.2) is 0 Å². The Bertz CT molecular complexity index is 373. The average molecular weight is 277 g/mol. The Morgan fingerprint density at radius 1 is 1.05 bits per heavy atom. The van der Waals surface area contributed by atoms with Crippen LogP contribution in [0.1, 0.15) is 39.7 Å². The molecule has 0 amide bonds. The highest BCUT2D eigenvalue weighted by atomic mass is 16.5. The summed E-state index contributed by atoms with van der Waals surface area (Å²) in [6, 6.07) is 8.47. The molecule has 0 aliphatic rings. The minimum atomic E-state index is 0.695. The summed E-state index contributed by atoms with van der Waals surface area (Å²) >= 11 is 0. The minimum Gasteiger partial charge on any atom is -0.497 e. The van der Waals surface area contributed by atoms with Crippen LogP contribution in [-0.4, -0.2) is 20.2 Å². The van der Waals surface area contributed by atoms with Gasteiger partial charge < -0.3 is 10.1 Å². The molecule has 0 aliphatic heterocycles. The van der Waals surface area contributed by atoms with Crippen molar-refractivity contribution in [2.45, 2.75) is 40.5 Å². The largest absolute Gasteiger partial charge is 0.497 e. The minimum absolute atomic E-state index is 0.695. The zero-order valence-corrected chi connectivity index (χ0v) is 13.8. The van der Waals surface area contributed by atoms with Crippen LogP contribution in [-0.2, 0) is 6.42 Å². The Morgan fingerprint density at radius 3 is 2.40 bits per heavy atom. The second-order valence-corrected chi connectivity index (χ2v) is 6.60. The van der Waals surface area contributed by atoms with Gasteiger partial charge in [-0.05, 0) is 61.4 Å². The van der Waals surface area contributed by atoms with Crippen molar-refractivity contribution >= 4 is 0 Å². The molecule has 0 fully saturated rings. The van der Waals surface area contributed by atoms with E-state index in [2.05, 4.69) is 51.2 Å². The molecule has 1 rings (SSSR count). The van der Waals surface area contributed by atoms with E-state index in [9.17, 15) is 0 Å². The Balaban J connectivity index is 2.58. The van der Waals surface area contributed by atoms with Gasteiger partial charge in [-0.1, -0.05) is 39.8 Å². The van der Waals surface area contributed by atoms with E-state index in [1.807, 2.05) is 6.07 Å². The maximum atomic E-state index is 5.31. The summed E-state index contributed by atoms with van der Waals surface area (Å²) < 4.78 is 5.31. The van der Waals surface area contributed by atoms with Crippen molar-refractivity contribution in [2.24, 2.45) is 17.8 Å². The highest BCUT2D eigenvalue weighted by molar-refractivity contribution is 5.28. The number of hydrogen-bond donors (Lipinski definition) is 1. The SMILES string of the molecule is COc1cccc(CC(CNCC(C)C)CC(C)C)c1. The lowest BCUT2D eigenvalue weighted by Crippen LogP contribution is -2.28.